The average Bonchev–Trinajstić information content (AvgIpc) is 2.87. The monoisotopic (exact) mass is 236 g/mol. The van der Waals surface area contributed by atoms with Crippen molar-refractivity contribution in [3.63, 3.8) is 0 Å². The van der Waals surface area contributed by atoms with Gasteiger partial charge in [0.25, 0.3) is 0 Å². The zero-order valence-corrected chi connectivity index (χ0v) is 9.25. The summed E-state index contributed by atoms with van der Waals surface area (Å²) in [6.07, 6.45) is 3.45. The standard InChI is InChI=1S/C12H8N6/c13-6-14-12-4-3-9(17-18-12)8-1-2-10-11(5-8)16-7-15-10/h1-5,7H,(H,14,18)(H,15,16). The normalized spacial score (nSPS) is 10.2. The number of aromatic amines is 1. The molecule has 2 heterocycles. The fourth-order valence-corrected chi connectivity index (χ4v) is 1.71. The van der Waals surface area contributed by atoms with Crippen LogP contribution in [-0.2, 0) is 0 Å². The number of anilines is 1. The summed E-state index contributed by atoms with van der Waals surface area (Å²) in [6, 6.07) is 9.34. The Hall–Kier alpha value is -2.94. The Morgan fingerprint density at radius 3 is 2.89 bits per heavy atom. The van der Waals surface area contributed by atoms with Gasteiger partial charge in [-0.1, -0.05) is 6.07 Å². The number of H-pyrrole nitrogens is 1. The highest BCUT2D eigenvalue weighted by Crippen LogP contribution is 2.21. The number of hydrogen-bond donors (Lipinski definition) is 2. The van der Waals surface area contributed by atoms with E-state index >= 15 is 0 Å². The molecule has 0 saturated heterocycles. The van der Waals surface area contributed by atoms with Crippen molar-refractivity contribution in [1.82, 2.24) is 20.2 Å². The van der Waals surface area contributed by atoms with Crippen LogP contribution in [0.2, 0.25) is 0 Å². The molecule has 3 aromatic rings. The number of imidazole rings is 1. The molecular weight excluding hydrogens is 228 g/mol. The lowest BCUT2D eigenvalue weighted by Crippen LogP contribution is -1.94. The van der Waals surface area contributed by atoms with Crippen LogP contribution in [0.15, 0.2) is 36.7 Å². The summed E-state index contributed by atoms with van der Waals surface area (Å²) in [6.45, 7) is 0. The van der Waals surface area contributed by atoms with Gasteiger partial charge in [-0.2, -0.15) is 5.26 Å². The van der Waals surface area contributed by atoms with Crippen LogP contribution >= 0.6 is 0 Å². The Labute approximate surface area is 102 Å². The molecule has 0 fully saturated rings. The molecule has 6 nitrogen and oxygen atoms in total. The van der Waals surface area contributed by atoms with E-state index < -0.39 is 0 Å². The van der Waals surface area contributed by atoms with E-state index in [1.165, 1.54) is 0 Å². The van der Waals surface area contributed by atoms with Gasteiger partial charge >= 0.3 is 0 Å². The van der Waals surface area contributed by atoms with Crippen molar-refractivity contribution in [3.8, 4) is 17.5 Å². The first-order chi connectivity index (χ1) is 8.86. The average molecular weight is 236 g/mol. The lowest BCUT2D eigenvalue weighted by atomic mass is 10.1. The predicted molar refractivity (Wildman–Crippen MR) is 66.4 cm³/mol. The molecule has 0 bridgehead atoms. The van der Waals surface area contributed by atoms with Gasteiger partial charge in [0.2, 0.25) is 0 Å². The molecule has 18 heavy (non-hydrogen) atoms. The molecule has 0 radical (unpaired) electrons. The Balaban J connectivity index is 2.00. The van der Waals surface area contributed by atoms with Crippen molar-refractivity contribution in [1.29, 1.82) is 5.26 Å². The van der Waals surface area contributed by atoms with E-state index in [9.17, 15) is 0 Å². The largest absolute Gasteiger partial charge is 0.345 e. The lowest BCUT2D eigenvalue weighted by molar-refractivity contribution is 1.04. The van der Waals surface area contributed by atoms with Gasteiger partial charge in [0.15, 0.2) is 12.0 Å². The molecule has 2 N–H and O–H groups in total. The molecule has 86 valence electrons. The number of rotatable bonds is 2. The number of nitrogens with zero attached hydrogens (tertiary/aromatic N) is 4. The third kappa shape index (κ3) is 1.74. The van der Waals surface area contributed by atoms with Crippen LogP contribution in [0.25, 0.3) is 22.3 Å². The second kappa shape index (κ2) is 4.14. The number of hydrogen-bond acceptors (Lipinski definition) is 5. The number of benzene rings is 1. The minimum Gasteiger partial charge on any atom is -0.345 e. The Kier molecular flexibility index (Phi) is 2.35. The van der Waals surface area contributed by atoms with Crippen molar-refractivity contribution < 1.29 is 0 Å². The first-order valence-corrected chi connectivity index (χ1v) is 5.29. The summed E-state index contributed by atoms with van der Waals surface area (Å²) < 4.78 is 0. The number of nitrogens with one attached hydrogen (secondary N) is 2. The molecule has 6 heteroatoms. The summed E-state index contributed by atoms with van der Waals surface area (Å²) in [7, 11) is 0. The molecule has 0 aliphatic rings. The maximum Gasteiger partial charge on any atom is 0.182 e. The maximum absolute atomic E-state index is 8.46. The third-order valence-electron chi connectivity index (χ3n) is 2.56. The predicted octanol–water partition coefficient (Wildman–Crippen LogP) is 1.91. The molecule has 1 aromatic carbocycles. The van der Waals surface area contributed by atoms with E-state index in [2.05, 4.69) is 25.5 Å². The first-order valence-electron chi connectivity index (χ1n) is 5.29. The van der Waals surface area contributed by atoms with E-state index in [4.69, 9.17) is 5.26 Å². The van der Waals surface area contributed by atoms with E-state index in [0.717, 1.165) is 22.3 Å². The van der Waals surface area contributed by atoms with Crippen LogP contribution in [0.5, 0.6) is 0 Å². The molecular formula is C12H8N6. The number of nitriles is 1. The van der Waals surface area contributed by atoms with Gasteiger partial charge in [0, 0.05) is 5.56 Å². The topological polar surface area (TPSA) is 90.3 Å². The van der Waals surface area contributed by atoms with Crippen LogP contribution in [0.4, 0.5) is 5.82 Å². The van der Waals surface area contributed by atoms with Crippen LogP contribution in [0, 0.1) is 11.5 Å². The van der Waals surface area contributed by atoms with Crippen molar-refractivity contribution in [2.75, 3.05) is 5.32 Å². The fraction of sp³-hybridized carbons (Fsp3) is 0. The second-order valence-electron chi connectivity index (χ2n) is 3.68. The van der Waals surface area contributed by atoms with E-state index in [1.807, 2.05) is 24.3 Å². The molecule has 0 amide bonds. The zero-order chi connectivity index (χ0) is 12.4. The van der Waals surface area contributed by atoms with Crippen LogP contribution in [0.3, 0.4) is 0 Å². The van der Waals surface area contributed by atoms with Gasteiger partial charge in [-0.25, -0.2) is 4.98 Å². The van der Waals surface area contributed by atoms with Crippen LogP contribution in [-0.4, -0.2) is 20.2 Å². The Morgan fingerprint density at radius 2 is 2.11 bits per heavy atom. The summed E-state index contributed by atoms with van der Waals surface area (Å²) in [5, 5.41) is 18.9. The lowest BCUT2D eigenvalue weighted by Gasteiger charge is -2.01. The molecule has 0 aliphatic carbocycles. The summed E-state index contributed by atoms with van der Waals surface area (Å²) in [4.78, 5) is 7.20. The zero-order valence-electron chi connectivity index (χ0n) is 9.25. The van der Waals surface area contributed by atoms with E-state index in [1.54, 1.807) is 18.6 Å². The first kappa shape index (κ1) is 10.2. The molecule has 0 spiro atoms. The van der Waals surface area contributed by atoms with Gasteiger partial charge in [0.05, 0.1) is 23.1 Å². The third-order valence-corrected chi connectivity index (χ3v) is 2.56. The highest BCUT2D eigenvalue weighted by molar-refractivity contribution is 5.80. The Morgan fingerprint density at radius 1 is 1.17 bits per heavy atom. The summed E-state index contributed by atoms with van der Waals surface area (Å²) in [5.74, 6) is 0.434. The number of fused-ring (bicyclic) bond motifs is 1. The molecule has 0 unspecified atom stereocenters. The highest BCUT2D eigenvalue weighted by atomic mass is 15.2. The van der Waals surface area contributed by atoms with E-state index in [0.29, 0.717) is 5.82 Å². The molecule has 3 rings (SSSR count). The minimum absolute atomic E-state index is 0.434. The Bertz CT molecular complexity index is 722. The number of aromatic nitrogens is 4. The van der Waals surface area contributed by atoms with E-state index in [-0.39, 0.29) is 0 Å². The van der Waals surface area contributed by atoms with Crippen LogP contribution < -0.4 is 5.32 Å². The van der Waals surface area contributed by atoms with Gasteiger partial charge in [-0.3, -0.25) is 5.32 Å². The molecule has 0 atom stereocenters. The van der Waals surface area contributed by atoms with Crippen molar-refractivity contribution in [3.05, 3.63) is 36.7 Å². The smallest absolute Gasteiger partial charge is 0.182 e. The SMILES string of the molecule is N#CNc1ccc(-c2ccc3nc[nH]c3c2)nn1. The van der Waals surface area contributed by atoms with Crippen molar-refractivity contribution >= 4 is 16.9 Å². The minimum atomic E-state index is 0.434. The van der Waals surface area contributed by atoms with Crippen LogP contribution in [0.1, 0.15) is 0 Å². The summed E-state index contributed by atoms with van der Waals surface area (Å²) >= 11 is 0. The quantitative estimate of drug-likeness (QED) is 0.524. The van der Waals surface area contributed by atoms with Crippen molar-refractivity contribution in [2.45, 2.75) is 0 Å². The molecule has 2 aromatic heterocycles. The fourth-order valence-electron chi connectivity index (χ4n) is 1.71. The summed E-state index contributed by atoms with van der Waals surface area (Å²) in [5.41, 5.74) is 3.56. The van der Waals surface area contributed by atoms with Gasteiger partial charge in [-0.15, -0.1) is 10.2 Å². The second-order valence-corrected chi connectivity index (χ2v) is 3.68. The van der Waals surface area contributed by atoms with Crippen molar-refractivity contribution in [2.24, 2.45) is 0 Å². The maximum atomic E-state index is 8.46. The highest BCUT2D eigenvalue weighted by Gasteiger charge is 2.03. The van der Waals surface area contributed by atoms with Gasteiger partial charge < -0.3 is 4.98 Å². The van der Waals surface area contributed by atoms with Gasteiger partial charge in [0.1, 0.15) is 0 Å². The molecule has 0 saturated carbocycles. The van der Waals surface area contributed by atoms with Gasteiger partial charge in [-0.05, 0) is 24.3 Å². The molecule has 0 aliphatic heterocycles.